The van der Waals surface area contributed by atoms with Crippen LogP contribution in [0.3, 0.4) is 0 Å². The first-order chi connectivity index (χ1) is 15.5. The molecule has 0 aliphatic heterocycles. The molecule has 4 aromatic rings. The number of carbonyl (C=O) groups excluding carboxylic acids is 1. The third-order valence-electron chi connectivity index (χ3n) is 4.79. The first-order valence-electron chi connectivity index (χ1n) is 9.71. The van der Waals surface area contributed by atoms with Crippen LogP contribution in [0.25, 0.3) is 16.9 Å². The lowest BCUT2D eigenvalue weighted by Gasteiger charge is -2.08. The molecule has 0 aliphatic carbocycles. The number of hydrogen-bond acceptors (Lipinski definition) is 6. The number of hydrogen-bond donors (Lipinski definition) is 1. The van der Waals surface area contributed by atoms with Crippen LogP contribution in [0.4, 0.5) is 5.69 Å². The van der Waals surface area contributed by atoms with E-state index in [1.165, 1.54) is 16.8 Å². The van der Waals surface area contributed by atoms with Gasteiger partial charge < -0.3 is 10.1 Å². The van der Waals surface area contributed by atoms with Crippen LogP contribution in [-0.2, 0) is 6.54 Å². The number of nitro groups is 1. The average Bonchev–Trinajstić information content (AvgIpc) is 3.29. The number of nitrogens with one attached hydrogen (secondary N) is 1. The molecule has 9 heteroatoms. The Labute approximate surface area is 183 Å². The van der Waals surface area contributed by atoms with Gasteiger partial charge in [0.2, 0.25) is 0 Å². The van der Waals surface area contributed by atoms with E-state index >= 15 is 0 Å². The van der Waals surface area contributed by atoms with E-state index in [4.69, 9.17) is 4.74 Å². The largest absolute Gasteiger partial charge is 0.497 e. The second-order valence-corrected chi connectivity index (χ2v) is 6.88. The summed E-state index contributed by atoms with van der Waals surface area (Å²) in [7, 11) is 1.58. The van der Waals surface area contributed by atoms with Crippen molar-refractivity contribution in [3.05, 3.63) is 100 Å². The van der Waals surface area contributed by atoms with Gasteiger partial charge in [-0.05, 0) is 42.0 Å². The van der Waals surface area contributed by atoms with Crippen LogP contribution in [0.15, 0.2) is 79.1 Å². The molecule has 32 heavy (non-hydrogen) atoms. The Hall–Kier alpha value is -4.53. The predicted molar refractivity (Wildman–Crippen MR) is 118 cm³/mol. The van der Waals surface area contributed by atoms with Gasteiger partial charge in [-0.3, -0.25) is 19.9 Å². The van der Waals surface area contributed by atoms with Crippen LogP contribution >= 0.6 is 0 Å². The summed E-state index contributed by atoms with van der Waals surface area (Å²) in [5.74, 6) is 0.323. The van der Waals surface area contributed by atoms with Crippen LogP contribution in [-0.4, -0.2) is 32.7 Å². The van der Waals surface area contributed by atoms with Gasteiger partial charge in [0.05, 0.1) is 23.4 Å². The summed E-state index contributed by atoms with van der Waals surface area (Å²) in [6.45, 7) is 0.298. The number of amides is 1. The van der Waals surface area contributed by atoms with Gasteiger partial charge in [0.1, 0.15) is 11.4 Å². The standard InChI is InChI=1S/C23H19N5O4/c1-32-20-6-2-5-17(12-20)21-13-22(23(29)25-15-16-4-3-11-24-14-16)27(26-21)18-7-9-19(10-8-18)28(30)31/h2-14H,15H2,1H3,(H,25,29). The molecule has 0 fully saturated rings. The molecule has 2 aromatic carbocycles. The molecule has 0 spiro atoms. The molecule has 0 atom stereocenters. The summed E-state index contributed by atoms with van der Waals surface area (Å²) in [6.07, 6.45) is 3.34. The monoisotopic (exact) mass is 429 g/mol. The Morgan fingerprint density at radius 3 is 2.62 bits per heavy atom. The SMILES string of the molecule is COc1cccc(-c2cc(C(=O)NCc3cccnc3)n(-c3ccc([N+](=O)[O-])cc3)n2)c1. The fourth-order valence-corrected chi connectivity index (χ4v) is 3.15. The van der Waals surface area contributed by atoms with Crippen molar-refractivity contribution in [1.29, 1.82) is 0 Å². The van der Waals surface area contributed by atoms with Crippen molar-refractivity contribution in [2.45, 2.75) is 6.54 Å². The minimum absolute atomic E-state index is 0.0449. The number of methoxy groups -OCH3 is 1. The van der Waals surface area contributed by atoms with E-state index in [0.717, 1.165) is 11.1 Å². The number of aromatic nitrogens is 3. The number of nitrogens with zero attached hydrogens (tertiary/aromatic N) is 4. The van der Waals surface area contributed by atoms with Gasteiger partial charge in [-0.15, -0.1) is 0 Å². The number of benzene rings is 2. The smallest absolute Gasteiger partial charge is 0.270 e. The maximum atomic E-state index is 13.0. The lowest BCUT2D eigenvalue weighted by atomic mass is 10.1. The molecule has 0 unspecified atom stereocenters. The topological polar surface area (TPSA) is 112 Å². The molecular weight excluding hydrogens is 410 g/mol. The van der Waals surface area contributed by atoms with Crippen molar-refractivity contribution in [2.75, 3.05) is 7.11 Å². The highest BCUT2D eigenvalue weighted by Gasteiger charge is 2.18. The van der Waals surface area contributed by atoms with E-state index < -0.39 is 4.92 Å². The lowest BCUT2D eigenvalue weighted by molar-refractivity contribution is -0.384. The summed E-state index contributed by atoms with van der Waals surface area (Å²) >= 11 is 0. The van der Waals surface area contributed by atoms with Crippen molar-refractivity contribution in [3.8, 4) is 22.7 Å². The van der Waals surface area contributed by atoms with Gasteiger partial charge in [-0.25, -0.2) is 4.68 Å². The highest BCUT2D eigenvalue weighted by atomic mass is 16.6. The zero-order valence-electron chi connectivity index (χ0n) is 17.1. The quantitative estimate of drug-likeness (QED) is 0.353. The number of rotatable bonds is 7. The maximum Gasteiger partial charge on any atom is 0.270 e. The van der Waals surface area contributed by atoms with Gasteiger partial charge in [0.25, 0.3) is 11.6 Å². The molecule has 2 aromatic heterocycles. The highest BCUT2D eigenvalue weighted by Crippen LogP contribution is 2.26. The Balaban J connectivity index is 1.71. The van der Waals surface area contributed by atoms with Crippen LogP contribution < -0.4 is 10.1 Å². The van der Waals surface area contributed by atoms with Gasteiger partial charge in [0, 0.05) is 36.6 Å². The summed E-state index contributed by atoms with van der Waals surface area (Å²) in [4.78, 5) is 27.6. The minimum Gasteiger partial charge on any atom is -0.497 e. The van der Waals surface area contributed by atoms with E-state index in [1.807, 2.05) is 30.3 Å². The molecule has 0 aliphatic rings. The van der Waals surface area contributed by atoms with E-state index in [1.54, 1.807) is 43.8 Å². The predicted octanol–water partition coefficient (Wildman–Crippen LogP) is 3.78. The van der Waals surface area contributed by atoms with E-state index in [-0.39, 0.29) is 11.6 Å². The van der Waals surface area contributed by atoms with Crippen LogP contribution in [0, 0.1) is 10.1 Å². The lowest BCUT2D eigenvalue weighted by Crippen LogP contribution is -2.25. The summed E-state index contributed by atoms with van der Waals surface area (Å²) in [5, 5.41) is 18.5. The first-order valence-corrected chi connectivity index (χ1v) is 9.71. The van der Waals surface area contributed by atoms with Crippen LogP contribution in [0.5, 0.6) is 5.75 Å². The Bertz CT molecular complexity index is 1250. The molecule has 0 radical (unpaired) electrons. The maximum absolute atomic E-state index is 13.0. The molecule has 1 amide bonds. The zero-order valence-corrected chi connectivity index (χ0v) is 17.1. The van der Waals surface area contributed by atoms with Gasteiger partial charge >= 0.3 is 0 Å². The normalized spacial score (nSPS) is 10.5. The van der Waals surface area contributed by atoms with E-state index in [0.29, 0.717) is 29.4 Å². The summed E-state index contributed by atoms with van der Waals surface area (Å²) in [5.41, 5.74) is 2.96. The zero-order chi connectivity index (χ0) is 22.5. The number of pyridine rings is 1. The molecule has 0 bridgehead atoms. The number of carbonyl (C=O) groups is 1. The Kier molecular flexibility index (Phi) is 5.89. The second kappa shape index (κ2) is 9.09. The van der Waals surface area contributed by atoms with Crippen LogP contribution in [0.2, 0.25) is 0 Å². The number of nitro benzene ring substituents is 1. The van der Waals surface area contributed by atoms with Gasteiger partial charge in [0.15, 0.2) is 0 Å². The summed E-state index contributed by atoms with van der Waals surface area (Å²) < 4.78 is 6.75. The van der Waals surface area contributed by atoms with Gasteiger partial charge in [-0.1, -0.05) is 18.2 Å². The number of ether oxygens (including phenoxy) is 1. The van der Waals surface area contributed by atoms with Crippen molar-refractivity contribution in [1.82, 2.24) is 20.1 Å². The fraction of sp³-hybridized carbons (Fsp3) is 0.0870. The second-order valence-electron chi connectivity index (χ2n) is 6.88. The first kappa shape index (κ1) is 20.7. The Morgan fingerprint density at radius 2 is 1.94 bits per heavy atom. The molecule has 2 heterocycles. The Morgan fingerprint density at radius 1 is 1.12 bits per heavy atom. The molecule has 0 saturated carbocycles. The van der Waals surface area contributed by atoms with Crippen molar-refractivity contribution in [3.63, 3.8) is 0 Å². The molecule has 4 rings (SSSR count). The molecule has 9 nitrogen and oxygen atoms in total. The van der Waals surface area contributed by atoms with Crippen molar-refractivity contribution >= 4 is 11.6 Å². The summed E-state index contributed by atoms with van der Waals surface area (Å²) in [6, 6.07) is 18.5. The molecular formula is C23H19N5O4. The van der Waals surface area contributed by atoms with E-state index in [9.17, 15) is 14.9 Å². The highest BCUT2D eigenvalue weighted by molar-refractivity contribution is 5.94. The van der Waals surface area contributed by atoms with Crippen molar-refractivity contribution in [2.24, 2.45) is 0 Å². The third kappa shape index (κ3) is 4.46. The molecule has 0 saturated heterocycles. The van der Waals surface area contributed by atoms with Crippen molar-refractivity contribution < 1.29 is 14.5 Å². The van der Waals surface area contributed by atoms with E-state index in [2.05, 4.69) is 15.4 Å². The third-order valence-corrected chi connectivity index (χ3v) is 4.79. The van der Waals surface area contributed by atoms with Crippen LogP contribution in [0.1, 0.15) is 16.1 Å². The minimum atomic E-state index is -0.476. The number of non-ortho nitro benzene ring substituents is 1. The molecule has 160 valence electrons. The molecule has 1 N–H and O–H groups in total. The average molecular weight is 429 g/mol. The fourth-order valence-electron chi connectivity index (χ4n) is 3.15. The van der Waals surface area contributed by atoms with Gasteiger partial charge in [-0.2, -0.15) is 5.10 Å².